The number of carbonyl (C=O) groups is 2. The van der Waals surface area contributed by atoms with Gasteiger partial charge in [0, 0.05) is 22.6 Å². The van der Waals surface area contributed by atoms with Crippen LogP contribution in [0.15, 0.2) is 71.6 Å². The van der Waals surface area contributed by atoms with Crippen molar-refractivity contribution in [2.24, 2.45) is 0 Å². The van der Waals surface area contributed by atoms with Gasteiger partial charge in [0.15, 0.2) is 0 Å². The minimum atomic E-state index is -4.13. The second-order valence-corrected chi connectivity index (χ2v) is 12.9. The summed E-state index contributed by atoms with van der Waals surface area (Å²) in [6, 6.07) is 17.4. The number of carbonyl (C=O) groups excluding carboxylic acids is 2. The lowest BCUT2D eigenvalue weighted by molar-refractivity contribution is -0.140. The predicted molar refractivity (Wildman–Crippen MR) is 166 cm³/mol. The van der Waals surface area contributed by atoms with Crippen LogP contribution in [0, 0.1) is 13.8 Å². The van der Waals surface area contributed by atoms with Crippen LogP contribution in [-0.4, -0.2) is 43.8 Å². The number of halogens is 2. The Morgan fingerprint density at radius 1 is 0.878 bits per heavy atom. The van der Waals surface area contributed by atoms with Gasteiger partial charge in [-0.05, 0) is 75.6 Å². The third kappa shape index (κ3) is 8.24. The molecule has 1 N–H and O–H groups in total. The van der Waals surface area contributed by atoms with E-state index in [1.54, 1.807) is 54.6 Å². The van der Waals surface area contributed by atoms with Crippen molar-refractivity contribution in [3.05, 3.63) is 93.5 Å². The molecule has 0 fully saturated rings. The van der Waals surface area contributed by atoms with Gasteiger partial charge in [0.25, 0.3) is 10.0 Å². The van der Waals surface area contributed by atoms with Crippen molar-refractivity contribution >= 4 is 50.7 Å². The molecule has 220 valence electrons. The Bertz CT molecular complexity index is 1460. The molecule has 0 aromatic heterocycles. The van der Waals surface area contributed by atoms with Crippen molar-refractivity contribution < 1.29 is 18.0 Å². The number of anilines is 1. The van der Waals surface area contributed by atoms with Gasteiger partial charge in [-0.15, -0.1) is 0 Å². The standard InChI is InChI=1S/C31H37Cl2N3O4S/c1-6-23(5)34-31(38)29(7-2)35(19-24-12-13-25(32)18-28(24)33)30(37)20-36(26-14-8-21(3)9-15-26)41(39,40)27-16-10-22(4)11-17-27/h8-18,23,29H,6-7,19-20H2,1-5H3,(H,34,38)/t23-,29-/m1/s1. The van der Waals surface area contributed by atoms with Crippen LogP contribution in [-0.2, 0) is 26.2 Å². The van der Waals surface area contributed by atoms with Crippen molar-refractivity contribution in [1.29, 1.82) is 0 Å². The molecule has 0 heterocycles. The first-order chi connectivity index (χ1) is 19.4. The summed E-state index contributed by atoms with van der Waals surface area (Å²) >= 11 is 12.6. The first kappa shape index (κ1) is 32.4. The molecule has 7 nitrogen and oxygen atoms in total. The van der Waals surface area contributed by atoms with Gasteiger partial charge < -0.3 is 10.2 Å². The fraction of sp³-hybridized carbons (Fsp3) is 0.355. The van der Waals surface area contributed by atoms with Gasteiger partial charge in [0.1, 0.15) is 12.6 Å². The summed E-state index contributed by atoms with van der Waals surface area (Å²) in [6.07, 6.45) is 1.03. The molecular weight excluding hydrogens is 581 g/mol. The highest BCUT2D eigenvalue weighted by molar-refractivity contribution is 7.92. The van der Waals surface area contributed by atoms with E-state index >= 15 is 0 Å². The first-order valence-electron chi connectivity index (χ1n) is 13.6. The van der Waals surface area contributed by atoms with Gasteiger partial charge in [-0.2, -0.15) is 0 Å². The molecule has 0 unspecified atom stereocenters. The third-order valence-corrected chi connectivity index (χ3v) is 9.33. The summed E-state index contributed by atoms with van der Waals surface area (Å²) in [6.45, 7) is 8.90. The maximum Gasteiger partial charge on any atom is 0.264 e. The van der Waals surface area contributed by atoms with Gasteiger partial charge >= 0.3 is 0 Å². The number of aryl methyl sites for hydroxylation is 2. The second-order valence-electron chi connectivity index (χ2n) is 10.2. The van der Waals surface area contributed by atoms with Crippen molar-refractivity contribution in [3.63, 3.8) is 0 Å². The van der Waals surface area contributed by atoms with E-state index in [2.05, 4.69) is 5.32 Å². The molecule has 10 heteroatoms. The minimum Gasteiger partial charge on any atom is -0.352 e. The van der Waals surface area contributed by atoms with Crippen molar-refractivity contribution in [3.8, 4) is 0 Å². The molecule has 0 bridgehead atoms. The summed E-state index contributed by atoms with van der Waals surface area (Å²) in [5.41, 5.74) is 2.78. The molecule has 2 amide bonds. The van der Waals surface area contributed by atoms with Gasteiger partial charge in [0.2, 0.25) is 11.8 Å². The van der Waals surface area contributed by atoms with Crippen molar-refractivity contribution in [2.45, 2.75) is 71.0 Å². The molecule has 0 saturated heterocycles. The number of hydrogen-bond acceptors (Lipinski definition) is 4. The number of nitrogens with zero attached hydrogens (tertiary/aromatic N) is 2. The van der Waals surface area contributed by atoms with Crippen LogP contribution >= 0.6 is 23.2 Å². The first-order valence-corrected chi connectivity index (χ1v) is 15.8. The quantitative estimate of drug-likeness (QED) is 0.250. The average Bonchev–Trinajstić information content (AvgIpc) is 2.93. The van der Waals surface area contributed by atoms with E-state index in [1.165, 1.54) is 17.0 Å². The Morgan fingerprint density at radius 3 is 2.00 bits per heavy atom. The molecule has 0 aliphatic heterocycles. The number of sulfonamides is 1. The summed E-state index contributed by atoms with van der Waals surface area (Å²) < 4.78 is 29.0. The van der Waals surface area contributed by atoms with Crippen LogP contribution in [0.3, 0.4) is 0 Å². The van der Waals surface area contributed by atoms with E-state index in [1.807, 2.05) is 34.6 Å². The highest BCUT2D eigenvalue weighted by atomic mass is 35.5. The lowest BCUT2D eigenvalue weighted by Gasteiger charge is -2.34. The molecular formula is C31H37Cl2N3O4S. The Morgan fingerprint density at radius 2 is 1.46 bits per heavy atom. The Balaban J connectivity index is 2.08. The van der Waals surface area contributed by atoms with Crippen LogP contribution in [0.4, 0.5) is 5.69 Å². The molecule has 0 spiro atoms. The van der Waals surface area contributed by atoms with Gasteiger partial charge in [0.05, 0.1) is 10.6 Å². The van der Waals surface area contributed by atoms with E-state index < -0.39 is 28.5 Å². The molecule has 0 aliphatic rings. The molecule has 0 saturated carbocycles. The van der Waals surface area contributed by atoms with E-state index in [0.717, 1.165) is 21.9 Å². The zero-order valence-corrected chi connectivity index (χ0v) is 26.4. The molecule has 0 radical (unpaired) electrons. The number of amides is 2. The predicted octanol–water partition coefficient (Wildman–Crippen LogP) is 6.53. The Labute approximate surface area is 253 Å². The monoisotopic (exact) mass is 617 g/mol. The van der Waals surface area contributed by atoms with Gasteiger partial charge in [-0.1, -0.05) is 78.5 Å². The van der Waals surface area contributed by atoms with Crippen molar-refractivity contribution in [2.75, 3.05) is 10.8 Å². The normalized spacial score (nSPS) is 12.9. The lowest BCUT2D eigenvalue weighted by Crippen LogP contribution is -2.53. The molecule has 0 aliphatic carbocycles. The van der Waals surface area contributed by atoms with Crippen molar-refractivity contribution in [1.82, 2.24) is 10.2 Å². The SMILES string of the molecule is CC[C@@H](C)NC(=O)[C@@H](CC)N(Cc1ccc(Cl)cc1Cl)C(=O)CN(c1ccc(C)cc1)S(=O)(=O)c1ccc(C)cc1. The van der Waals surface area contributed by atoms with Crippen LogP contribution in [0.5, 0.6) is 0 Å². The highest BCUT2D eigenvalue weighted by Gasteiger charge is 2.34. The zero-order chi connectivity index (χ0) is 30.3. The Hall–Kier alpha value is -3.07. The van der Waals surface area contributed by atoms with Crippen LogP contribution < -0.4 is 9.62 Å². The van der Waals surface area contributed by atoms with Gasteiger partial charge in [-0.3, -0.25) is 13.9 Å². The highest BCUT2D eigenvalue weighted by Crippen LogP contribution is 2.27. The van der Waals surface area contributed by atoms with E-state index in [0.29, 0.717) is 27.7 Å². The number of nitrogens with one attached hydrogen (secondary N) is 1. The second kappa shape index (κ2) is 14.2. The van der Waals surface area contributed by atoms with E-state index in [9.17, 15) is 18.0 Å². The minimum absolute atomic E-state index is 0.00636. The summed E-state index contributed by atoms with van der Waals surface area (Å²) in [4.78, 5) is 29.0. The number of rotatable bonds is 12. The fourth-order valence-electron chi connectivity index (χ4n) is 4.27. The number of benzene rings is 3. The molecule has 3 aromatic carbocycles. The van der Waals surface area contributed by atoms with Crippen LogP contribution in [0.25, 0.3) is 0 Å². The summed E-state index contributed by atoms with van der Waals surface area (Å²) in [5.74, 6) is -0.859. The van der Waals surface area contributed by atoms with Crippen LogP contribution in [0.2, 0.25) is 10.0 Å². The smallest absolute Gasteiger partial charge is 0.264 e. The van der Waals surface area contributed by atoms with Gasteiger partial charge in [-0.25, -0.2) is 8.42 Å². The fourth-order valence-corrected chi connectivity index (χ4v) is 6.15. The average molecular weight is 619 g/mol. The van der Waals surface area contributed by atoms with E-state index in [-0.39, 0.29) is 23.4 Å². The number of hydrogen-bond donors (Lipinski definition) is 1. The van der Waals surface area contributed by atoms with Crippen LogP contribution in [0.1, 0.15) is 50.3 Å². The maximum absolute atomic E-state index is 14.1. The lowest BCUT2D eigenvalue weighted by atomic mass is 10.1. The molecule has 2 atom stereocenters. The van der Waals surface area contributed by atoms with E-state index in [4.69, 9.17) is 23.2 Å². The summed E-state index contributed by atoms with van der Waals surface area (Å²) in [5, 5.41) is 3.74. The molecule has 41 heavy (non-hydrogen) atoms. The Kier molecular flexibility index (Phi) is 11.2. The third-order valence-electron chi connectivity index (χ3n) is 6.95. The summed E-state index contributed by atoms with van der Waals surface area (Å²) in [7, 11) is -4.13. The molecule has 3 rings (SSSR count). The zero-order valence-electron chi connectivity index (χ0n) is 24.0. The topological polar surface area (TPSA) is 86.8 Å². The molecule has 3 aromatic rings. The largest absolute Gasteiger partial charge is 0.352 e. The maximum atomic E-state index is 14.1.